The Kier molecular flexibility index (Phi) is 4.88. The summed E-state index contributed by atoms with van der Waals surface area (Å²) in [4.78, 5) is 28.8. The van der Waals surface area contributed by atoms with E-state index in [1.165, 1.54) is 14.2 Å². The minimum Gasteiger partial charge on any atom is -0.493 e. The van der Waals surface area contributed by atoms with Crippen LogP contribution in [0.15, 0.2) is 45.7 Å². The molecule has 0 fully saturated rings. The maximum atomic E-state index is 12.5. The van der Waals surface area contributed by atoms with Crippen LogP contribution in [-0.2, 0) is 11.2 Å². The predicted molar refractivity (Wildman–Crippen MR) is 96.9 cm³/mol. The number of carbonyl (C=O) groups is 1. The van der Waals surface area contributed by atoms with Crippen LogP contribution in [0.5, 0.6) is 11.5 Å². The summed E-state index contributed by atoms with van der Waals surface area (Å²) in [7, 11) is 2.98. The second-order valence-electron chi connectivity index (χ2n) is 5.61. The van der Waals surface area contributed by atoms with E-state index < -0.39 is 5.63 Å². The Morgan fingerprint density at radius 3 is 2.65 bits per heavy atom. The first kappa shape index (κ1) is 17.5. The Hall–Kier alpha value is -3.35. The number of methoxy groups -OCH3 is 2. The van der Waals surface area contributed by atoms with Gasteiger partial charge in [-0.1, -0.05) is 6.07 Å². The van der Waals surface area contributed by atoms with Crippen molar-refractivity contribution in [2.75, 3.05) is 19.5 Å². The molecule has 26 heavy (non-hydrogen) atoms. The van der Waals surface area contributed by atoms with Crippen molar-refractivity contribution < 1.29 is 18.7 Å². The summed E-state index contributed by atoms with van der Waals surface area (Å²) in [6.07, 6.45) is 1.46. The molecular weight excluding hydrogens is 336 g/mol. The maximum Gasteiger partial charge on any atom is 0.340 e. The largest absolute Gasteiger partial charge is 0.493 e. The van der Waals surface area contributed by atoms with Gasteiger partial charge in [-0.3, -0.25) is 4.79 Å². The summed E-state index contributed by atoms with van der Waals surface area (Å²) in [5.74, 6) is 0.878. The molecule has 0 atom stereocenters. The molecule has 7 nitrogen and oxygen atoms in total. The quantitative estimate of drug-likeness (QED) is 0.709. The number of anilines is 1. The van der Waals surface area contributed by atoms with Gasteiger partial charge in [0.25, 0.3) is 0 Å². The SMILES string of the molecule is COc1ccc2c(C)c(CC(=O)Nc3ccccn3)c(=O)oc2c1OC. The number of ether oxygens (including phenoxy) is 2. The summed E-state index contributed by atoms with van der Waals surface area (Å²) in [5.41, 5.74) is 0.660. The van der Waals surface area contributed by atoms with Crippen molar-refractivity contribution in [1.82, 2.24) is 4.98 Å². The van der Waals surface area contributed by atoms with Gasteiger partial charge in [-0.2, -0.15) is 0 Å². The van der Waals surface area contributed by atoms with Crippen LogP contribution in [0.4, 0.5) is 5.82 Å². The number of aromatic nitrogens is 1. The lowest BCUT2D eigenvalue weighted by molar-refractivity contribution is -0.115. The first-order valence-electron chi connectivity index (χ1n) is 7.93. The van der Waals surface area contributed by atoms with E-state index >= 15 is 0 Å². The summed E-state index contributed by atoms with van der Waals surface area (Å²) >= 11 is 0. The van der Waals surface area contributed by atoms with E-state index in [1.54, 1.807) is 43.5 Å². The molecule has 0 unspecified atom stereocenters. The highest BCUT2D eigenvalue weighted by Crippen LogP contribution is 2.36. The molecule has 0 saturated heterocycles. The van der Waals surface area contributed by atoms with Crippen molar-refractivity contribution in [3.05, 3.63) is 58.1 Å². The standard InChI is InChI=1S/C19H18N2O5/c1-11-12-7-8-14(24-2)18(25-3)17(12)26-19(23)13(11)10-16(22)21-15-6-4-5-9-20-15/h4-9H,10H2,1-3H3,(H,20,21,22). The minimum atomic E-state index is -0.585. The van der Waals surface area contributed by atoms with Gasteiger partial charge < -0.3 is 19.2 Å². The molecule has 0 radical (unpaired) electrons. The van der Waals surface area contributed by atoms with E-state index in [0.717, 1.165) is 0 Å². The van der Waals surface area contributed by atoms with Gasteiger partial charge in [-0.15, -0.1) is 0 Å². The number of benzene rings is 1. The van der Waals surface area contributed by atoms with E-state index in [9.17, 15) is 9.59 Å². The van der Waals surface area contributed by atoms with E-state index in [-0.39, 0.29) is 17.9 Å². The van der Waals surface area contributed by atoms with Crippen LogP contribution in [0.2, 0.25) is 0 Å². The lowest BCUT2D eigenvalue weighted by Gasteiger charge is -2.12. The van der Waals surface area contributed by atoms with Crippen molar-refractivity contribution >= 4 is 22.7 Å². The number of nitrogens with one attached hydrogen (secondary N) is 1. The van der Waals surface area contributed by atoms with Crippen LogP contribution in [0, 0.1) is 6.92 Å². The van der Waals surface area contributed by atoms with E-state index in [0.29, 0.717) is 33.8 Å². The van der Waals surface area contributed by atoms with Gasteiger partial charge in [0, 0.05) is 11.6 Å². The molecule has 1 aromatic carbocycles. The van der Waals surface area contributed by atoms with Crippen LogP contribution < -0.4 is 20.4 Å². The summed E-state index contributed by atoms with van der Waals surface area (Å²) in [5, 5.41) is 3.34. The van der Waals surface area contributed by atoms with E-state index in [4.69, 9.17) is 13.9 Å². The topological polar surface area (TPSA) is 90.7 Å². The fourth-order valence-corrected chi connectivity index (χ4v) is 2.75. The van der Waals surface area contributed by atoms with Crippen molar-refractivity contribution in [2.45, 2.75) is 13.3 Å². The van der Waals surface area contributed by atoms with Gasteiger partial charge in [0.2, 0.25) is 11.7 Å². The molecule has 0 bridgehead atoms. The molecule has 7 heteroatoms. The summed E-state index contributed by atoms with van der Waals surface area (Å²) in [6.45, 7) is 1.77. The van der Waals surface area contributed by atoms with Crippen LogP contribution >= 0.6 is 0 Å². The highest BCUT2D eigenvalue weighted by atomic mass is 16.5. The van der Waals surface area contributed by atoms with E-state index in [2.05, 4.69) is 10.3 Å². The van der Waals surface area contributed by atoms with Gasteiger partial charge in [-0.05, 0) is 36.8 Å². The summed E-state index contributed by atoms with van der Waals surface area (Å²) < 4.78 is 16.0. The smallest absolute Gasteiger partial charge is 0.340 e. The molecule has 3 rings (SSSR count). The molecule has 3 aromatic rings. The van der Waals surface area contributed by atoms with Gasteiger partial charge in [0.15, 0.2) is 11.3 Å². The molecular formula is C19H18N2O5. The number of amides is 1. The molecule has 2 aromatic heterocycles. The van der Waals surface area contributed by atoms with Crippen molar-refractivity contribution in [2.24, 2.45) is 0 Å². The molecule has 2 heterocycles. The number of aryl methyl sites for hydroxylation is 1. The Morgan fingerprint density at radius 2 is 2.00 bits per heavy atom. The Balaban J connectivity index is 1.99. The second kappa shape index (κ2) is 7.26. The minimum absolute atomic E-state index is 0.116. The first-order chi connectivity index (χ1) is 12.5. The molecule has 134 valence electrons. The molecule has 0 saturated carbocycles. The third-order valence-corrected chi connectivity index (χ3v) is 4.07. The third kappa shape index (κ3) is 3.23. The molecule has 1 amide bonds. The van der Waals surface area contributed by atoms with Gasteiger partial charge in [0.1, 0.15) is 5.82 Å². The van der Waals surface area contributed by atoms with E-state index in [1.807, 2.05) is 0 Å². The average molecular weight is 354 g/mol. The lowest BCUT2D eigenvalue weighted by atomic mass is 10.0. The van der Waals surface area contributed by atoms with Crippen molar-refractivity contribution in [3.8, 4) is 11.5 Å². The monoisotopic (exact) mass is 354 g/mol. The molecule has 0 aliphatic heterocycles. The zero-order valence-electron chi connectivity index (χ0n) is 14.7. The highest BCUT2D eigenvalue weighted by Gasteiger charge is 2.19. The maximum absolute atomic E-state index is 12.5. The molecule has 0 aliphatic carbocycles. The number of rotatable bonds is 5. The highest BCUT2D eigenvalue weighted by molar-refractivity contribution is 5.93. The zero-order chi connectivity index (χ0) is 18.7. The van der Waals surface area contributed by atoms with Gasteiger partial charge >= 0.3 is 5.63 Å². The fourth-order valence-electron chi connectivity index (χ4n) is 2.75. The summed E-state index contributed by atoms with van der Waals surface area (Å²) in [6, 6.07) is 8.68. The fraction of sp³-hybridized carbons (Fsp3) is 0.211. The molecule has 1 N–H and O–H groups in total. The predicted octanol–water partition coefficient (Wildman–Crippen LogP) is 2.69. The number of nitrogens with zero attached hydrogens (tertiary/aromatic N) is 1. The Morgan fingerprint density at radius 1 is 1.19 bits per heavy atom. The van der Waals surface area contributed by atoms with Crippen LogP contribution in [-0.4, -0.2) is 25.1 Å². The molecule has 0 spiro atoms. The number of carbonyl (C=O) groups excluding carboxylic acids is 1. The Bertz CT molecular complexity index is 1010. The lowest BCUT2D eigenvalue weighted by Crippen LogP contribution is -2.21. The average Bonchev–Trinajstić information content (AvgIpc) is 2.65. The third-order valence-electron chi connectivity index (χ3n) is 4.07. The van der Waals surface area contributed by atoms with Gasteiger partial charge in [-0.25, -0.2) is 9.78 Å². The normalized spacial score (nSPS) is 10.6. The molecule has 0 aliphatic rings. The Labute approximate surface area is 149 Å². The number of hydrogen-bond donors (Lipinski definition) is 1. The zero-order valence-corrected chi connectivity index (χ0v) is 14.7. The number of hydrogen-bond acceptors (Lipinski definition) is 6. The first-order valence-corrected chi connectivity index (χ1v) is 7.93. The van der Waals surface area contributed by atoms with Crippen LogP contribution in [0.25, 0.3) is 11.0 Å². The van der Waals surface area contributed by atoms with Crippen molar-refractivity contribution in [1.29, 1.82) is 0 Å². The number of fused-ring (bicyclic) bond motifs is 1. The number of pyridine rings is 1. The van der Waals surface area contributed by atoms with Gasteiger partial charge in [0.05, 0.1) is 26.2 Å². The second-order valence-corrected chi connectivity index (χ2v) is 5.61. The van der Waals surface area contributed by atoms with Crippen LogP contribution in [0.3, 0.4) is 0 Å². The van der Waals surface area contributed by atoms with Crippen LogP contribution in [0.1, 0.15) is 11.1 Å². The van der Waals surface area contributed by atoms with Crippen molar-refractivity contribution in [3.63, 3.8) is 0 Å².